The number of benzene rings is 9. The highest BCUT2D eigenvalue weighted by Crippen LogP contribution is 2.53. The minimum absolute atomic E-state index is 0.00717. The van der Waals surface area contributed by atoms with Crippen molar-refractivity contribution in [2.45, 2.75) is 19.3 Å². The number of fused-ring (bicyclic) bond motifs is 9. The van der Waals surface area contributed by atoms with Crippen LogP contribution in [0.1, 0.15) is 35.9 Å². The largest absolute Gasteiger partial charge is 0.309 e. The lowest BCUT2D eigenvalue weighted by atomic mass is 9.82. The van der Waals surface area contributed by atoms with Crippen LogP contribution in [-0.2, 0) is 5.41 Å². The van der Waals surface area contributed by atoms with Gasteiger partial charge in [0.25, 0.3) is 0 Å². The first kappa shape index (κ1) is 26.5. The standard InChI is InChI=1S/C57H40N2/c1-57(2)50-24-14-23-44(38-17-7-4-8-18-38)56(50)47-30-29-43(36-51(47)57)59-53-26-12-10-22-46(53)49-35-41(28-32-55(49)59)40-27-31-54-48(34-40)45-21-9-11-25-52(45)58(54)42-20-13-19-39(33-42)37-15-5-3-6-16-37/h3-36H,1-2H3/i4D,7D,8D,17D,18D,27D,31D,34D. The second-order valence-corrected chi connectivity index (χ2v) is 15.9. The van der Waals surface area contributed by atoms with Crippen molar-refractivity contribution in [2.75, 3.05) is 0 Å². The molecule has 0 atom stereocenters. The van der Waals surface area contributed by atoms with Crippen LogP contribution < -0.4 is 0 Å². The van der Waals surface area contributed by atoms with Crippen LogP contribution in [0.5, 0.6) is 0 Å². The molecule has 9 aromatic carbocycles. The summed E-state index contributed by atoms with van der Waals surface area (Å²) in [4.78, 5) is 0. The smallest absolute Gasteiger partial charge is 0.0645 e. The van der Waals surface area contributed by atoms with E-state index in [2.05, 4.69) is 91.2 Å². The summed E-state index contributed by atoms with van der Waals surface area (Å²) < 4.78 is 76.1. The van der Waals surface area contributed by atoms with Crippen molar-refractivity contribution in [3.63, 3.8) is 0 Å². The fourth-order valence-corrected chi connectivity index (χ4v) is 9.54. The SMILES string of the molecule is [2H]c1c([2H])c([2H])c(-c2cccc3c2-c2ccc(-n4c5ccccc5c5cc(-c6c([2H])c([2H])c7c(c6[2H])c6ccccc6n7-c6cccc(-c7ccccc7)c6)ccc54)cc2C3(C)C)c([2H])c1[2H]. The Hall–Kier alpha value is -7.42. The number of rotatable bonds is 5. The summed E-state index contributed by atoms with van der Waals surface area (Å²) in [5.74, 6) is 0. The van der Waals surface area contributed by atoms with Gasteiger partial charge in [0.1, 0.15) is 0 Å². The maximum absolute atomic E-state index is 9.88. The van der Waals surface area contributed by atoms with Gasteiger partial charge in [0.15, 0.2) is 0 Å². The van der Waals surface area contributed by atoms with Gasteiger partial charge in [-0.2, -0.15) is 0 Å². The quantitative estimate of drug-likeness (QED) is 0.165. The van der Waals surface area contributed by atoms with Crippen molar-refractivity contribution in [2.24, 2.45) is 0 Å². The van der Waals surface area contributed by atoms with Crippen molar-refractivity contribution in [1.82, 2.24) is 9.13 Å². The molecule has 11 aromatic rings. The predicted molar refractivity (Wildman–Crippen MR) is 249 cm³/mol. The van der Waals surface area contributed by atoms with Gasteiger partial charge in [0.05, 0.1) is 33.0 Å². The molecule has 0 amide bonds. The first-order chi connectivity index (χ1) is 32.4. The molecule has 2 nitrogen and oxygen atoms in total. The molecule has 0 saturated heterocycles. The third-order valence-corrected chi connectivity index (χ3v) is 12.3. The lowest BCUT2D eigenvalue weighted by Crippen LogP contribution is -2.15. The van der Waals surface area contributed by atoms with E-state index in [-0.39, 0.29) is 47.9 Å². The van der Waals surface area contributed by atoms with Crippen molar-refractivity contribution < 1.29 is 11.0 Å². The summed E-state index contributed by atoms with van der Waals surface area (Å²) in [6.07, 6.45) is 0. The normalized spacial score (nSPS) is 14.9. The van der Waals surface area contributed by atoms with Crippen LogP contribution in [0.4, 0.5) is 0 Å². The van der Waals surface area contributed by atoms with E-state index in [4.69, 9.17) is 6.85 Å². The second-order valence-electron chi connectivity index (χ2n) is 15.9. The fourth-order valence-electron chi connectivity index (χ4n) is 9.54. The molecule has 12 rings (SSSR count). The van der Waals surface area contributed by atoms with E-state index in [0.29, 0.717) is 27.6 Å². The monoisotopic (exact) mass is 760 g/mol. The van der Waals surface area contributed by atoms with Crippen LogP contribution in [0.2, 0.25) is 0 Å². The van der Waals surface area contributed by atoms with Gasteiger partial charge < -0.3 is 9.13 Å². The summed E-state index contributed by atoms with van der Waals surface area (Å²) in [7, 11) is 0. The predicted octanol–water partition coefficient (Wildman–Crippen LogP) is 15.2. The fraction of sp³-hybridized carbons (Fsp3) is 0.0526. The molecule has 0 saturated carbocycles. The summed E-state index contributed by atoms with van der Waals surface area (Å²) in [5.41, 5.74) is 12.5. The summed E-state index contributed by atoms with van der Waals surface area (Å²) in [6.45, 7) is 4.33. The maximum atomic E-state index is 9.88. The van der Waals surface area contributed by atoms with Crippen LogP contribution >= 0.6 is 0 Å². The van der Waals surface area contributed by atoms with Gasteiger partial charge in [-0.25, -0.2) is 0 Å². The lowest BCUT2D eigenvalue weighted by Gasteiger charge is -2.22. The molecule has 0 fully saturated rings. The van der Waals surface area contributed by atoms with Crippen molar-refractivity contribution in [3.05, 3.63) is 217 Å². The van der Waals surface area contributed by atoms with Gasteiger partial charge in [0.2, 0.25) is 0 Å². The first-order valence-electron chi connectivity index (χ1n) is 23.9. The Bertz CT molecular complexity index is 3910. The Morgan fingerprint density at radius 2 is 1.05 bits per heavy atom. The molecular weight excluding hydrogens is 713 g/mol. The molecular formula is C57H40N2. The van der Waals surface area contributed by atoms with Crippen LogP contribution in [-0.4, -0.2) is 9.13 Å². The third kappa shape index (κ3) is 5.06. The van der Waals surface area contributed by atoms with E-state index in [9.17, 15) is 4.11 Å². The Kier molecular flexibility index (Phi) is 5.74. The third-order valence-electron chi connectivity index (χ3n) is 12.3. The molecule has 0 bridgehead atoms. The average Bonchev–Trinajstić information content (AvgIpc) is 3.96. The Morgan fingerprint density at radius 3 is 1.86 bits per heavy atom. The number of nitrogens with zero attached hydrogens (tertiary/aromatic N) is 2. The van der Waals surface area contributed by atoms with E-state index >= 15 is 0 Å². The van der Waals surface area contributed by atoms with E-state index in [0.717, 1.165) is 77.5 Å². The zero-order valence-corrected chi connectivity index (χ0v) is 32.4. The Morgan fingerprint density at radius 1 is 0.390 bits per heavy atom. The van der Waals surface area contributed by atoms with Gasteiger partial charge >= 0.3 is 0 Å². The molecule has 0 radical (unpaired) electrons. The number of hydrogen-bond donors (Lipinski definition) is 0. The van der Waals surface area contributed by atoms with Crippen molar-refractivity contribution in [3.8, 4) is 55.9 Å². The highest BCUT2D eigenvalue weighted by molar-refractivity contribution is 6.13. The topological polar surface area (TPSA) is 9.86 Å². The molecule has 0 unspecified atom stereocenters. The van der Waals surface area contributed by atoms with Crippen LogP contribution in [0.15, 0.2) is 206 Å². The van der Waals surface area contributed by atoms with Gasteiger partial charge in [-0.1, -0.05) is 159 Å². The highest BCUT2D eigenvalue weighted by Gasteiger charge is 2.37. The van der Waals surface area contributed by atoms with Crippen LogP contribution in [0.25, 0.3) is 99.5 Å². The molecule has 0 N–H and O–H groups in total. The molecule has 0 aliphatic heterocycles. The summed E-state index contributed by atoms with van der Waals surface area (Å²) >= 11 is 0. The van der Waals surface area contributed by atoms with Gasteiger partial charge in [-0.15, -0.1) is 0 Å². The zero-order chi connectivity index (χ0) is 46.2. The Balaban J connectivity index is 1.02. The number of para-hydroxylation sites is 2. The average molecular weight is 761 g/mol. The molecule has 59 heavy (non-hydrogen) atoms. The minimum Gasteiger partial charge on any atom is -0.309 e. The molecule has 1 aliphatic rings. The van der Waals surface area contributed by atoms with E-state index < -0.39 is 11.5 Å². The highest BCUT2D eigenvalue weighted by atomic mass is 15.0. The van der Waals surface area contributed by atoms with Gasteiger partial charge in [0, 0.05) is 38.3 Å². The van der Waals surface area contributed by atoms with Gasteiger partial charge in [-0.3, -0.25) is 0 Å². The molecule has 1 aliphatic carbocycles. The number of hydrogen-bond acceptors (Lipinski definition) is 0. The summed E-state index contributed by atoms with van der Waals surface area (Å²) in [5, 5.41) is 3.44. The molecule has 2 heteroatoms. The van der Waals surface area contributed by atoms with E-state index in [1.807, 2.05) is 89.5 Å². The molecule has 2 aromatic heterocycles. The van der Waals surface area contributed by atoms with E-state index in [1.54, 1.807) is 0 Å². The second kappa shape index (κ2) is 12.8. The molecule has 278 valence electrons. The minimum atomic E-state index is -0.481. The molecule has 0 spiro atoms. The first-order valence-corrected chi connectivity index (χ1v) is 19.9. The van der Waals surface area contributed by atoms with Crippen LogP contribution in [0, 0.1) is 0 Å². The maximum Gasteiger partial charge on any atom is 0.0645 e. The lowest BCUT2D eigenvalue weighted by molar-refractivity contribution is 0.660. The number of aromatic nitrogens is 2. The zero-order valence-electron chi connectivity index (χ0n) is 40.4. The van der Waals surface area contributed by atoms with E-state index in [1.165, 1.54) is 0 Å². The van der Waals surface area contributed by atoms with Crippen molar-refractivity contribution >= 4 is 43.6 Å². The van der Waals surface area contributed by atoms with Crippen LogP contribution in [0.3, 0.4) is 0 Å². The van der Waals surface area contributed by atoms with Gasteiger partial charge in [-0.05, 0) is 116 Å². The molecule has 2 heterocycles. The van der Waals surface area contributed by atoms with Crippen molar-refractivity contribution in [1.29, 1.82) is 0 Å². The Labute approximate surface area is 355 Å². The summed E-state index contributed by atoms with van der Waals surface area (Å²) in [6, 6.07) is 51.5.